The lowest BCUT2D eigenvalue weighted by Gasteiger charge is -2.49. The number of carbonyl (C=O) groups excluding carboxylic acids is 1. The number of nitrogens with zero attached hydrogens (tertiary/aromatic N) is 2. The number of hydrogen-bond acceptors (Lipinski definition) is 4. The first kappa shape index (κ1) is 14.3. The van der Waals surface area contributed by atoms with Crippen molar-refractivity contribution in [2.45, 2.75) is 37.3 Å². The van der Waals surface area contributed by atoms with Crippen molar-refractivity contribution >= 4 is 12.0 Å². The molecule has 5 heterocycles. The van der Waals surface area contributed by atoms with Crippen molar-refractivity contribution in [1.29, 1.82) is 0 Å². The Bertz CT molecular complexity index is 730. The van der Waals surface area contributed by atoms with Crippen LogP contribution in [-0.2, 0) is 4.79 Å². The monoisotopic (exact) mass is 325 g/mol. The molecule has 4 aliphatic rings. The Morgan fingerprint density at radius 2 is 2.12 bits per heavy atom. The maximum Gasteiger partial charge on any atom is 0.243 e. The quantitative estimate of drug-likeness (QED) is 0.718. The highest BCUT2D eigenvalue weighted by Gasteiger charge is 2.52. The van der Waals surface area contributed by atoms with Gasteiger partial charge in [0.2, 0.25) is 5.91 Å². The molecule has 6 nitrogen and oxygen atoms in total. The molecular formula is C18H23N5O. The van der Waals surface area contributed by atoms with Crippen LogP contribution in [0, 0.1) is 5.41 Å². The Morgan fingerprint density at radius 1 is 1.25 bits per heavy atom. The molecule has 6 heteroatoms. The van der Waals surface area contributed by atoms with E-state index >= 15 is 0 Å². The Balaban J connectivity index is 1.55. The largest absolute Gasteiger partial charge is 0.379 e. The fourth-order valence-corrected chi connectivity index (χ4v) is 4.81. The lowest BCUT2D eigenvalue weighted by Crippen LogP contribution is -2.62. The minimum absolute atomic E-state index is 0.0994. The molecular weight excluding hydrogens is 302 g/mol. The van der Waals surface area contributed by atoms with Crippen molar-refractivity contribution < 1.29 is 4.79 Å². The van der Waals surface area contributed by atoms with E-state index in [0.29, 0.717) is 5.92 Å². The number of rotatable bonds is 1. The summed E-state index contributed by atoms with van der Waals surface area (Å²) in [5.41, 5.74) is 1.02. The molecule has 24 heavy (non-hydrogen) atoms. The summed E-state index contributed by atoms with van der Waals surface area (Å²) in [6.45, 7) is 2.88. The summed E-state index contributed by atoms with van der Waals surface area (Å²) in [6, 6.07) is -0.0341. The molecule has 2 fully saturated rings. The summed E-state index contributed by atoms with van der Waals surface area (Å²) in [6.07, 6.45) is 14.0. The minimum Gasteiger partial charge on any atom is -0.379 e. The lowest BCUT2D eigenvalue weighted by molar-refractivity contribution is -0.128. The third-order valence-electron chi connectivity index (χ3n) is 6.13. The van der Waals surface area contributed by atoms with Crippen LogP contribution in [0.4, 0.5) is 0 Å². The van der Waals surface area contributed by atoms with Gasteiger partial charge in [0.05, 0.1) is 11.7 Å². The molecule has 0 saturated carbocycles. The normalized spacial score (nSPS) is 34.8. The van der Waals surface area contributed by atoms with Crippen LogP contribution in [0.25, 0.3) is 6.08 Å². The van der Waals surface area contributed by atoms with E-state index in [1.54, 1.807) is 0 Å². The van der Waals surface area contributed by atoms with E-state index < -0.39 is 0 Å². The van der Waals surface area contributed by atoms with E-state index in [4.69, 9.17) is 4.98 Å². The van der Waals surface area contributed by atoms with Gasteiger partial charge in [0.1, 0.15) is 11.9 Å². The first-order chi connectivity index (χ1) is 11.8. The van der Waals surface area contributed by atoms with E-state index in [1.807, 2.05) is 6.20 Å². The Kier molecular flexibility index (Phi) is 3.10. The smallest absolute Gasteiger partial charge is 0.243 e. The average Bonchev–Trinajstić information content (AvgIpc) is 3.06. The summed E-state index contributed by atoms with van der Waals surface area (Å²) in [4.78, 5) is 17.3. The molecule has 5 rings (SSSR count). The second-order valence-corrected chi connectivity index (χ2v) is 7.35. The third kappa shape index (κ3) is 1.92. The number of nitrogens with one attached hydrogen (secondary N) is 3. The van der Waals surface area contributed by atoms with Gasteiger partial charge in [-0.3, -0.25) is 4.79 Å². The number of hydrogen-bond donors (Lipinski definition) is 3. The van der Waals surface area contributed by atoms with E-state index in [-0.39, 0.29) is 23.4 Å². The molecule has 1 spiro atoms. The summed E-state index contributed by atoms with van der Waals surface area (Å²) in [7, 11) is 0. The Morgan fingerprint density at radius 3 is 3.00 bits per heavy atom. The summed E-state index contributed by atoms with van der Waals surface area (Å²) in [5.74, 6) is 1.67. The molecule has 3 unspecified atom stereocenters. The molecule has 3 N–H and O–H groups in total. The Labute approximate surface area is 141 Å². The van der Waals surface area contributed by atoms with Gasteiger partial charge in [0.15, 0.2) is 0 Å². The molecule has 0 bridgehead atoms. The van der Waals surface area contributed by atoms with Gasteiger partial charge < -0.3 is 20.5 Å². The van der Waals surface area contributed by atoms with Gasteiger partial charge in [0, 0.05) is 24.1 Å². The van der Waals surface area contributed by atoms with Crippen LogP contribution < -0.4 is 16.0 Å². The summed E-state index contributed by atoms with van der Waals surface area (Å²) < 4.78 is 2.29. The molecule has 0 aliphatic carbocycles. The molecule has 0 radical (unpaired) electrons. The van der Waals surface area contributed by atoms with Crippen LogP contribution >= 0.6 is 0 Å². The SMILES string of the molecule is O=C1NCCC23C=Cc4nc(C5CCNCC5)cn4C2C=CNC13. The van der Waals surface area contributed by atoms with Gasteiger partial charge >= 0.3 is 0 Å². The average molecular weight is 325 g/mol. The molecule has 1 amide bonds. The first-order valence-electron chi connectivity index (χ1n) is 8.97. The highest BCUT2D eigenvalue weighted by atomic mass is 16.2. The van der Waals surface area contributed by atoms with E-state index in [0.717, 1.165) is 44.7 Å². The zero-order valence-electron chi connectivity index (χ0n) is 13.7. The molecule has 0 aromatic carbocycles. The van der Waals surface area contributed by atoms with E-state index in [2.05, 4.69) is 44.9 Å². The van der Waals surface area contributed by atoms with Crippen molar-refractivity contribution in [1.82, 2.24) is 25.5 Å². The fraction of sp³-hybridized carbons (Fsp3) is 0.556. The molecule has 126 valence electrons. The van der Waals surface area contributed by atoms with Crippen molar-refractivity contribution in [2.75, 3.05) is 19.6 Å². The van der Waals surface area contributed by atoms with E-state index in [1.165, 1.54) is 5.69 Å². The van der Waals surface area contributed by atoms with Gasteiger partial charge in [0.25, 0.3) is 0 Å². The lowest BCUT2D eigenvalue weighted by atomic mass is 9.66. The van der Waals surface area contributed by atoms with Crippen molar-refractivity contribution in [3.05, 3.63) is 36.1 Å². The maximum absolute atomic E-state index is 12.4. The highest BCUT2D eigenvalue weighted by molar-refractivity contribution is 5.85. The first-order valence-corrected chi connectivity index (χ1v) is 8.97. The number of amides is 1. The number of carbonyl (C=O) groups is 1. The van der Waals surface area contributed by atoms with Crippen LogP contribution in [-0.4, -0.2) is 41.1 Å². The zero-order chi connectivity index (χ0) is 16.1. The van der Waals surface area contributed by atoms with Gasteiger partial charge in [-0.25, -0.2) is 4.98 Å². The minimum atomic E-state index is -0.199. The third-order valence-corrected chi connectivity index (χ3v) is 6.13. The maximum atomic E-state index is 12.4. The van der Waals surface area contributed by atoms with Gasteiger partial charge in [-0.2, -0.15) is 0 Å². The number of aromatic nitrogens is 2. The topological polar surface area (TPSA) is 71.0 Å². The Hall–Kier alpha value is -2.08. The molecule has 2 saturated heterocycles. The van der Waals surface area contributed by atoms with Gasteiger partial charge in [-0.1, -0.05) is 6.08 Å². The van der Waals surface area contributed by atoms with Crippen molar-refractivity contribution in [3.8, 4) is 0 Å². The number of allylic oxidation sites excluding steroid dienone is 1. The van der Waals surface area contributed by atoms with Crippen LogP contribution in [0.3, 0.4) is 0 Å². The zero-order valence-corrected chi connectivity index (χ0v) is 13.7. The molecule has 1 aromatic rings. The molecule has 4 aliphatic heterocycles. The van der Waals surface area contributed by atoms with Crippen LogP contribution in [0.5, 0.6) is 0 Å². The highest BCUT2D eigenvalue weighted by Crippen LogP contribution is 2.48. The number of imidazole rings is 1. The van der Waals surface area contributed by atoms with Gasteiger partial charge in [-0.05, 0) is 50.7 Å². The predicted octanol–water partition coefficient (Wildman–Crippen LogP) is 0.910. The standard InChI is InChI=1S/C18H23N5O/c24-17-16-18(6-10-21-17)5-1-15-22-13(12-2-7-19-8-3-12)11-23(15)14(18)4-9-20-16/h1,4-5,9,11-12,14,16,19-20H,2-3,6-8,10H2,(H,21,24). The van der Waals surface area contributed by atoms with Crippen molar-refractivity contribution in [3.63, 3.8) is 0 Å². The summed E-state index contributed by atoms with van der Waals surface area (Å²) >= 11 is 0. The van der Waals surface area contributed by atoms with Crippen LogP contribution in [0.1, 0.15) is 42.7 Å². The number of piperidine rings is 2. The second kappa shape index (κ2) is 5.21. The van der Waals surface area contributed by atoms with Gasteiger partial charge in [-0.15, -0.1) is 0 Å². The van der Waals surface area contributed by atoms with Crippen LogP contribution in [0.2, 0.25) is 0 Å². The van der Waals surface area contributed by atoms with Crippen LogP contribution in [0.15, 0.2) is 24.5 Å². The van der Waals surface area contributed by atoms with E-state index in [9.17, 15) is 4.79 Å². The summed E-state index contributed by atoms with van der Waals surface area (Å²) in [5, 5.41) is 9.68. The fourth-order valence-electron chi connectivity index (χ4n) is 4.81. The number of fused-ring (bicyclic) bond motifs is 2. The molecule has 1 aromatic heterocycles. The molecule has 3 atom stereocenters. The predicted molar refractivity (Wildman–Crippen MR) is 91.3 cm³/mol. The van der Waals surface area contributed by atoms with Crippen molar-refractivity contribution in [2.24, 2.45) is 5.41 Å². The second-order valence-electron chi connectivity index (χ2n) is 7.35.